The monoisotopic (exact) mass is 355 g/mol. The van der Waals surface area contributed by atoms with Gasteiger partial charge < -0.3 is 14.2 Å². The number of hydrogen-bond acceptors (Lipinski definition) is 5. The molecule has 0 amide bonds. The summed E-state index contributed by atoms with van der Waals surface area (Å²) in [6.07, 6.45) is 3.38. The molecule has 1 aromatic carbocycles. The van der Waals surface area contributed by atoms with Gasteiger partial charge in [-0.3, -0.25) is 0 Å². The first-order valence-corrected chi connectivity index (χ1v) is 9.01. The lowest BCUT2D eigenvalue weighted by atomic mass is 10.2. The molecular formula is C21H29N3O2. The summed E-state index contributed by atoms with van der Waals surface area (Å²) in [5, 5.41) is 4.01. The number of anilines is 1. The first-order valence-electron chi connectivity index (χ1n) is 9.01. The maximum atomic E-state index is 5.34. The van der Waals surface area contributed by atoms with Crippen LogP contribution in [-0.4, -0.2) is 17.0 Å². The van der Waals surface area contributed by atoms with Crippen molar-refractivity contribution in [3.63, 3.8) is 0 Å². The molecule has 4 rings (SSSR count). The standard InChI is InChI=1S/C9H9NO.C8H8N2O.2C2H6/c1-6-3-4-8-9(5-6)11-7(2)10-8;1-9-8-6-3-5-11-7(6)2-4-10-8;2*1-2/h3-5H,1-2H3;2-5H,1H3,(H,9,10);2*1-2H3. The van der Waals surface area contributed by atoms with Gasteiger partial charge in [0.15, 0.2) is 11.5 Å². The zero-order chi connectivity index (χ0) is 19.5. The minimum Gasteiger partial charge on any atom is -0.464 e. The highest BCUT2D eigenvalue weighted by atomic mass is 16.3. The van der Waals surface area contributed by atoms with Crippen molar-refractivity contribution in [2.24, 2.45) is 0 Å². The summed E-state index contributed by atoms with van der Waals surface area (Å²) in [4.78, 5) is 8.31. The van der Waals surface area contributed by atoms with Crippen LogP contribution in [0, 0.1) is 13.8 Å². The molecule has 3 aromatic heterocycles. The molecule has 0 aliphatic carbocycles. The van der Waals surface area contributed by atoms with Crippen LogP contribution in [0.5, 0.6) is 0 Å². The lowest BCUT2D eigenvalue weighted by Crippen LogP contribution is -1.90. The van der Waals surface area contributed by atoms with Gasteiger partial charge in [-0.15, -0.1) is 0 Å². The molecule has 0 unspecified atom stereocenters. The fourth-order valence-corrected chi connectivity index (χ4v) is 2.24. The van der Waals surface area contributed by atoms with E-state index >= 15 is 0 Å². The second kappa shape index (κ2) is 10.9. The Morgan fingerprint density at radius 2 is 1.65 bits per heavy atom. The van der Waals surface area contributed by atoms with Gasteiger partial charge in [0.2, 0.25) is 0 Å². The minimum atomic E-state index is 0.727. The highest BCUT2D eigenvalue weighted by molar-refractivity contribution is 5.87. The Labute approximate surface area is 155 Å². The quantitative estimate of drug-likeness (QED) is 0.430. The van der Waals surface area contributed by atoms with Crippen LogP contribution < -0.4 is 5.32 Å². The van der Waals surface area contributed by atoms with Gasteiger partial charge in [-0.25, -0.2) is 9.97 Å². The molecule has 0 bridgehead atoms. The Morgan fingerprint density at radius 3 is 2.35 bits per heavy atom. The SMILES string of the molecule is CC.CC.CNc1nccc2occc12.Cc1ccc2nc(C)oc2c1. The topological polar surface area (TPSA) is 64.1 Å². The molecule has 0 atom stereocenters. The number of rotatable bonds is 1. The van der Waals surface area contributed by atoms with Crippen LogP contribution >= 0.6 is 0 Å². The average Bonchev–Trinajstić information content (AvgIpc) is 3.30. The minimum absolute atomic E-state index is 0.727. The van der Waals surface area contributed by atoms with E-state index in [0.717, 1.165) is 33.8 Å². The molecule has 3 heterocycles. The number of hydrogen-bond donors (Lipinski definition) is 1. The highest BCUT2D eigenvalue weighted by Crippen LogP contribution is 2.20. The number of aryl methyl sites for hydroxylation is 2. The molecular weight excluding hydrogens is 326 g/mol. The predicted molar refractivity (Wildman–Crippen MR) is 110 cm³/mol. The molecule has 0 aliphatic heterocycles. The molecule has 0 saturated heterocycles. The molecule has 1 N–H and O–H groups in total. The Hall–Kier alpha value is -2.82. The van der Waals surface area contributed by atoms with Gasteiger partial charge in [-0.1, -0.05) is 33.8 Å². The van der Waals surface area contributed by atoms with E-state index in [1.165, 1.54) is 5.56 Å². The van der Waals surface area contributed by atoms with Crippen molar-refractivity contribution >= 4 is 27.9 Å². The summed E-state index contributed by atoms with van der Waals surface area (Å²) >= 11 is 0. The van der Waals surface area contributed by atoms with Crippen molar-refractivity contribution < 1.29 is 8.83 Å². The van der Waals surface area contributed by atoms with Crippen LogP contribution in [-0.2, 0) is 0 Å². The van der Waals surface area contributed by atoms with Gasteiger partial charge in [0.1, 0.15) is 16.9 Å². The van der Waals surface area contributed by atoms with Gasteiger partial charge in [-0.05, 0) is 36.8 Å². The van der Waals surface area contributed by atoms with Crippen LogP contribution in [0.3, 0.4) is 0 Å². The Kier molecular flexibility index (Phi) is 8.92. The van der Waals surface area contributed by atoms with Gasteiger partial charge in [0.25, 0.3) is 0 Å². The summed E-state index contributed by atoms with van der Waals surface area (Å²) in [6, 6.07) is 9.74. The predicted octanol–water partition coefficient (Wildman–Crippen LogP) is 6.37. The van der Waals surface area contributed by atoms with E-state index in [9.17, 15) is 0 Å². The van der Waals surface area contributed by atoms with Crippen molar-refractivity contribution in [2.45, 2.75) is 41.5 Å². The van der Waals surface area contributed by atoms with Crippen molar-refractivity contribution in [1.82, 2.24) is 9.97 Å². The molecule has 0 radical (unpaired) electrons. The van der Waals surface area contributed by atoms with Crippen molar-refractivity contribution in [3.05, 3.63) is 54.2 Å². The molecule has 4 aromatic rings. The van der Waals surface area contributed by atoms with E-state index in [4.69, 9.17) is 8.83 Å². The summed E-state index contributed by atoms with van der Waals surface area (Å²) in [5.74, 6) is 1.59. The maximum absolute atomic E-state index is 5.34. The van der Waals surface area contributed by atoms with E-state index in [1.807, 2.05) is 78.9 Å². The summed E-state index contributed by atoms with van der Waals surface area (Å²) in [5.41, 5.74) is 3.88. The van der Waals surface area contributed by atoms with E-state index in [-0.39, 0.29) is 0 Å². The fraction of sp³-hybridized carbons (Fsp3) is 0.333. The van der Waals surface area contributed by atoms with Gasteiger partial charge in [-0.2, -0.15) is 0 Å². The number of pyridine rings is 1. The van der Waals surface area contributed by atoms with Crippen molar-refractivity contribution in [1.29, 1.82) is 0 Å². The van der Waals surface area contributed by atoms with Crippen LogP contribution in [0.15, 0.2) is 51.6 Å². The maximum Gasteiger partial charge on any atom is 0.192 e. The zero-order valence-corrected chi connectivity index (χ0v) is 16.8. The van der Waals surface area contributed by atoms with Crippen LogP contribution in [0.25, 0.3) is 22.1 Å². The second-order valence-corrected chi connectivity index (χ2v) is 4.95. The fourth-order valence-electron chi connectivity index (χ4n) is 2.24. The molecule has 0 spiro atoms. The van der Waals surface area contributed by atoms with Gasteiger partial charge >= 0.3 is 0 Å². The summed E-state index contributed by atoms with van der Waals surface area (Å²) < 4.78 is 10.5. The molecule has 5 heteroatoms. The van der Waals surface area contributed by atoms with E-state index in [2.05, 4.69) is 15.3 Å². The summed E-state index contributed by atoms with van der Waals surface area (Å²) in [7, 11) is 1.84. The molecule has 0 fully saturated rings. The third kappa shape index (κ3) is 5.34. The number of furan rings is 1. The second-order valence-electron chi connectivity index (χ2n) is 4.95. The largest absolute Gasteiger partial charge is 0.464 e. The average molecular weight is 355 g/mol. The zero-order valence-electron chi connectivity index (χ0n) is 16.8. The number of benzene rings is 1. The molecule has 0 saturated carbocycles. The Balaban J connectivity index is 0.000000219. The number of aromatic nitrogens is 2. The third-order valence-electron chi connectivity index (χ3n) is 3.27. The Morgan fingerprint density at radius 1 is 0.923 bits per heavy atom. The molecule has 26 heavy (non-hydrogen) atoms. The number of fused-ring (bicyclic) bond motifs is 2. The van der Waals surface area contributed by atoms with E-state index < -0.39 is 0 Å². The highest BCUT2D eigenvalue weighted by Gasteiger charge is 2.01. The van der Waals surface area contributed by atoms with Crippen molar-refractivity contribution in [3.8, 4) is 0 Å². The number of oxazole rings is 1. The lowest BCUT2D eigenvalue weighted by Gasteiger charge is -1.97. The van der Waals surface area contributed by atoms with E-state index in [1.54, 1.807) is 12.5 Å². The van der Waals surface area contributed by atoms with Crippen molar-refractivity contribution in [2.75, 3.05) is 12.4 Å². The van der Waals surface area contributed by atoms with Crippen LogP contribution in [0.2, 0.25) is 0 Å². The van der Waals surface area contributed by atoms with Crippen LogP contribution in [0.1, 0.15) is 39.1 Å². The van der Waals surface area contributed by atoms with Gasteiger partial charge in [0.05, 0.1) is 11.6 Å². The normalized spacial score (nSPS) is 9.35. The first kappa shape index (κ1) is 21.2. The molecule has 0 aliphatic rings. The number of nitrogens with zero attached hydrogens (tertiary/aromatic N) is 2. The Bertz CT molecular complexity index is 910. The number of nitrogens with one attached hydrogen (secondary N) is 1. The van der Waals surface area contributed by atoms with Crippen LogP contribution in [0.4, 0.5) is 5.82 Å². The molecule has 5 nitrogen and oxygen atoms in total. The smallest absolute Gasteiger partial charge is 0.192 e. The third-order valence-corrected chi connectivity index (χ3v) is 3.27. The first-order chi connectivity index (χ1) is 12.7. The molecule has 140 valence electrons. The van der Waals surface area contributed by atoms with E-state index in [0.29, 0.717) is 0 Å². The van der Waals surface area contributed by atoms with Gasteiger partial charge in [0, 0.05) is 20.2 Å². The lowest BCUT2D eigenvalue weighted by molar-refractivity contribution is 0.561. The summed E-state index contributed by atoms with van der Waals surface area (Å²) in [6.45, 7) is 11.9.